The molecule has 4 nitrogen and oxygen atoms in total. The van der Waals surface area contributed by atoms with Crippen LogP contribution in [-0.4, -0.2) is 16.1 Å². The molecular weight excluding hydrogens is 325 g/mol. The summed E-state index contributed by atoms with van der Waals surface area (Å²) in [6, 6.07) is 4.34. The Labute approximate surface area is 114 Å². The first-order valence-electron chi connectivity index (χ1n) is 4.82. The molecular formula is C11H7BrFNO3S. The monoisotopic (exact) mass is 331 g/mol. The van der Waals surface area contributed by atoms with Crippen molar-refractivity contribution < 1.29 is 19.0 Å². The zero-order chi connectivity index (χ0) is 13.1. The number of rotatable bonds is 4. The molecule has 0 spiro atoms. The third-order valence-electron chi connectivity index (χ3n) is 2.00. The maximum absolute atomic E-state index is 13.3. The number of aromatic carboxylic acids is 1. The fraction of sp³-hybridized carbons (Fsp3) is 0.0909. The molecule has 0 radical (unpaired) electrons. The molecule has 94 valence electrons. The van der Waals surface area contributed by atoms with E-state index in [4.69, 9.17) is 9.84 Å². The maximum Gasteiger partial charge on any atom is 0.365 e. The first-order valence-corrected chi connectivity index (χ1v) is 6.49. The molecule has 0 saturated heterocycles. The zero-order valence-corrected chi connectivity index (χ0v) is 11.3. The first-order chi connectivity index (χ1) is 8.56. The summed E-state index contributed by atoms with van der Waals surface area (Å²) in [4.78, 5) is 14.5. The Morgan fingerprint density at radius 1 is 1.56 bits per heavy atom. The molecule has 1 aromatic heterocycles. The summed E-state index contributed by atoms with van der Waals surface area (Å²) in [5, 5.41) is 10.3. The van der Waals surface area contributed by atoms with Crippen LogP contribution in [-0.2, 0) is 6.61 Å². The molecule has 2 aromatic rings. The van der Waals surface area contributed by atoms with Crippen molar-refractivity contribution >= 4 is 33.2 Å². The third kappa shape index (κ3) is 3.05. The molecule has 1 N–H and O–H groups in total. The Bertz CT molecular complexity index is 587. The lowest BCUT2D eigenvalue weighted by Gasteiger charge is -2.05. The number of carboxylic acids is 1. The van der Waals surface area contributed by atoms with Gasteiger partial charge in [-0.15, -0.1) is 11.3 Å². The van der Waals surface area contributed by atoms with E-state index in [1.165, 1.54) is 12.1 Å². The van der Waals surface area contributed by atoms with E-state index in [1.54, 1.807) is 11.4 Å². The molecule has 0 fully saturated rings. The Hall–Kier alpha value is -1.47. The number of benzene rings is 1. The fourth-order valence-electron chi connectivity index (χ4n) is 1.21. The highest BCUT2D eigenvalue weighted by atomic mass is 79.9. The van der Waals surface area contributed by atoms with Crippen LogP contribution >= 0.6 is 27.3 Å². The standard InChI is InChI=1S/C11H7BrFNO3S/c12-6-1-2-8(13)9(3-6)17-4-7-5-18-10(14-7)11(15)16/h1-3,5H,4H2,(H,15,16). The van der Waals surface area contributed by atoms with Gasteiger partial charge in [0, 0.05) is 9.85 Å². The van der Waals surface area contributed by atoms with Gasteiger partial charge in [-0.05, 0) is 18.2 Å². The Morgan fingerprint density at radius 2 is 2.33 bits per heavy atom. The summed E-state index contributed by atoms with van der Waals surface area (Å²) >= 11 is 4.21. The van der Waals surface area contributed by atoms with E-state index in [2.05, 4.69) is 20.9 Å². The molecule has 1 heterocycles. The molecule has 0 aliphatic rings. The lowest BCUT2D eigenvalue weighted by Crippen LogP contribution is -2.00. The van der Waals surface area contributed by atoms with Crippen molar-refractivity contribution in [1.29, 1.82) is 0 Å². The van der Waals surface area contributed by atoms with Crippen LogP contribution in [0.2, 0.25) is 0 Å². The van der Waals surface area contributed by atoms with Crippen LogP contribution in [0, 0.1) is 5.82 Å². The van der Waals surface area contributed by atoms with Crippen molar-refractivity contribution in [3.8, 4) is 5.75 Å². The van der Waals surface area contributed by atoms with Gasteiger partial charge in [-0.25, -0.2) is 14.2 Å². The van der Waals surface area contributed by atoms with Gasteiger partial charge in [0.05, 0.1) is 5.69 Å². The number of halogens is 2. The third-order valence-corrected chi connectivity index (χ3v) is 3.38. The van der Waals surface area contributed by atoms with E-state index in [0.717, 1.165) is 11.3 Å². The van der Waals surface area contributed by atoms with Gasteiger partial charge in [-0.1, -0.05) is 15.9 Å². The second kappa shape index (κ2) is 5.45. The lowest BCUT2D eigenvalue weighted by molar-refractivity contribution is 0.0696. The minimum absolute atomic E-state index is 0.0108. The number of ether oxygens (including phenoxy) is 1. The van der Waals surface area contributed by atoms with Crippen LogP contribution in [0.5, 0.6) is 5.75 Å². The Balaban J connectivity index is 2.06. The average Bonchev–Trinajstić information content (AvgIpc) is 2.79. The number of aromatic nitrogens is 1. The van der Waals surface area contributed by atoms with Gasteiger partial charge in [0.15, 0.2) is 11.6 Å². The molecule has 7 heteroatoms. The molecule has 0 aliphatic heterocycles. The number of carboxylic acid groups (broad SMARTS) is 1. The van der Waals surface area contributed by atoms with Crippen molar-refractivity contribution in [3.05, 3.63) is 44.6 Å². The number of hydrogen-bond donors (Lipinski definition) is 1. The predicted molar refractivity (Wildman–Crippen MR) is 67.5 cm³/mol. The molecule has 0 aliphatic carbocycles. The Morgan fingerprint density at radius 3 is 3.00 bits per heavy atom. The van der Waals surface area contributed by atoms with Crippen molar-refractivity contribution in [3.63, 3.8) is 0 Å². The van der Waals surface area contributed by atoms with E-state index in [0.29, 0.717) is 10.2 Å². The molecule has 0 bridgehead atoms. The minimum atomic E-state index is -1.08. The van der Waals surface area contributed by atoms with Gasteiger partial charge in [0.1, 0.15) is 6.61 Å². The average molecular weight is 332 g/mol. The highest BCUT2D eigenvalue weighted by Gasteiger charge is 2.10. The molecule has 1 aromatic carbocycles. The van der Waals surface area contributed by atoms with Crippen molar-refractivity contribution in [2.24, 2.45) is 0 Å². The zero-order valence-electron chi connectivity index (χ0n) is 8.89. The van der Waals surface area contributed by atoms with Crippen LogP contribution in [0.25, 0.3) is 0 Å². The van der Waals surface area contributed by atoms with Crippen molar-refractivity contribution in [2.45, 2.75) is 6.61 Å². The summed E-state index contributed by atoms with van der Waals surface area (Å²) in [6.45, 7) is 0.0250. The molecule has 0 atom stereocenters. The highest BCUT2D eigenvalue weighted by molar-refractivity contribution is 9.10. The molecule has 0 unspecified atom stereocenters. The van der Waals surface area contributed by atoms with Gasteiger partial charge < -0.3 is 9.84 Å². The summed E-state index contributed by atoms with van der Waals surface area (Å²) < 4.78 is 19.3. The van der Waals surface area contributed by atoms with E-state index >= 15 is 0 Å². The normalized spacial score (nSPS) is 10.3. The topological polar surface area (TPSA) is 59.4 Å². The summed E-state index contributed by atoms with van der Waals surface area (Å²) in [6.07, 6.45) is 0. The van der Waals surface area contributed by atoms with E-state index in [1.807, 2.05) is 0 Å². The molecule has 0 amide bonds. The van der Waals surface area contributed by atoms with Crippen molar-refractivity contribution in [1.82, 2.24) is 4.98 Å². The number of carbonyl (C=O) groups is 1. The summed E-state index contributed by atoms with van der Waals surface area (Å²) in [5.41, 5.74) is 0.455. The first kappa shape index (κ1) is 13.0. The van der Waals surface area contributed by atoms with Gasteiger partial charge in [-0.3, -0.25) is 0 Å². The van der Waals surface area contributed by atoms with Crippen LogP contribution in [0.4, 0.5) is 4.39 Å². The van der Waals surface area contributed by atoms with Crippen LogP contribution in [0.15, 0.2) is 28.1 Å². The van der Waals surface area contributed by atoms with Crippen LogP contribution < -0.4 is 4.74 Å². The van der Waals surface area contributed by atoms with Gasteiger partial charge >= 0.3 is 5.97 Å². The second-order valence-corrected chi connectivity index (χ2v) is 5.09. The number of thiazole rings is 1. The van der Waals surface area contributed by atoms with E-state index in [-0.39, 0.29) is 17.4 Å². The minimum Gasteiger partial charge on any atom is -0.484 e. The van der Waals surface area contributed by atoms with Crippen molar-refractivity contribution in [2.75, 3.05) is 0 Å². The van der Waals surface area contributed by atoms with Gasteiger partial charge in [0.2, 0.25) is 5.01 Å². The summed E-state index contributed by atoms with van der Waals surface area (Å²) in [5.74, 6) is -1.47. The fourth-order valence-corrected chi connectivity index (χ4v) is 2.19. The smallest absolute Gasteiger partial charge is 0.365 e. The predicted octanol–water partition coefficient (Wildman–Crippen LogP) is 3.32. The SMILES string of the molecule is O=C(O)c1nc(COc2cc(Br)ccc2F)cs1. The summed E-state index contributed by atoms with van der Waals surface area (Å²) in [7, 11) is 0. The van der Waals surface area contributed by atoms with Gasteiger partial charge in [-0.2, -0.15) is 0 Å². The van der Waals surface area contributed by atoms with Crippen LogP contribution in [0.3, 0.4) is 0 Å². The quantitative estimate of drug-likeness (QED) is 0.933. The van der Waals surface area contributed by atoms with E-state index in [9.17, 15) is 9.18 Å². The molecule has 18 heavy (non-hydrogen) atoms. The number of hydrogen-bond acceptors (Lipinski definition) is 4. The lowest BCUT2D eigenvalue weighted by atomic mass is 10.3. The highest BCUT2D eigenvalue weighted by Crippen LogP contribution is 2.23. The largest absolute Gasteiger partial charge is 0.484 e. The van der Waals surface area contributed by atoms with E-state index < -0.39 is 11.8 Å². The number of nitrogens with zero attached hydrogens (tertiary/aromatic N) is 1. The maximum atomic E-state index is 13.3. The Kier molecular flexibility index (Phi) is 3.93. The molecule has 0 saturated carbocycles. The van der Waals surface area contributed by atoms with Gasteiger partial charge in [0.25, 0.3) is 0 Å². The molecule has 2 rings (SSSR count). The second-order valence-electron chi connectivity index (χ2n) is 3.31. The van der Waals surface area contributed by atoms with Crippen LogP contribution in [0.1, 0.15) is 15.5 Å².